The van der Waals surface area contributed by atoms with Crippen LogP contribution < -0.4 is 11.3 Å². The van der Waals surface area contributed by atoms with Gasteiger partial charge >= 0.3 is 0 Å². The molecule has 2 rings (SSSR count). The van der Waals surface area contributed by atoms with Crippen molar-refractivity contribution in [3.63, 3.8) is 0 Å². The predicted octanol–water partition coefficient (Wildman–Crippen LogP) is 4.68. The Labute approximate surface area is 128 Å². The molecule has 0 saturated carbocycles. The standard InChI is InChI=1S/C12H11BrCl2N2S/c1-6-5-9(18-12(6)13)11(17-16)7-3-2-4-8(14)10(7)15/h2-5,11,17H,16H2,1H3. The van der Waals surface area contributed by atoms with Crippen LogP contribution in [0.25, 0.3) is 0 Å². The smallest absolute Gasteiger partial charge is 0.0817 e. The molecule has 0 aliphatic carbocycles. The molecule has 6 heteroatoms. The Kier molecular flexibility index (Phi) is 4.69. The van der Waals surface area contributed by atoms with E-state index in [1.807, 2.05) is 19.1 Å². The first-order valence-electron chi connectivity index (χ1n) is 5.20. The van der Waals surface area contributed by atoms with Gasteiger partial charge in [-0.2, -0.15) is 0 Å². The van der Waals surface area contributed by atoms with Crippen LogP contribution in [0.4, 0.5) is 0 Å². The lowest BCUT2D eigenvalue weighted by Crippen LogP contribution is -2.28. The Morgan fingerprint density at radius 2 is 2.11 bits per heavy atom. The van der Waals surface area contributed by atoms with Gasteiger partial charge < -0.3 is 0 Å². The van der Waals surface area contributed by atoms with Crippen molar-refractivity contribution < 1.29 is 0 Å². The molecule has 0 saturated heterocycles. The minimum absolute atomic E-state index is 0.161. The van der Waals surface area contributed by atoms with E-state index in [2.05, 4.69) is 27.4 Å². The molecule has 1 aromatic heterocycles. The SMILES string of the molecule is Cc1cc(C(NN)c2cccc(Cl)c2Cl)sc1Br. The highest BCUT2D eigenvalue weighted by molar-refractivity contribution is 9.11. The minimum Gasteiger partial charge on any atom is -0.271 e. The minimum atomic E-state index is -0.161. The van der Waals surface area contributed by atoms with E-state index >= 15 is 0 Å². The maximum atomic E-state index is 6.23. The summed E-state index contributed by atoms with van der Waals surface area (Å²) in [6, 6.07) is 7.46. The van der Waals surface area contributed by atoms with Crippen molar-refractivity contribution in [2.24, 2.45) is 5.84 Å². The molecule has 1 unspecified atom stereocenters. The molecule has 1 aromatic carbocycles. The molecule has 0 spiro atoms. The molecule has 0 radical (unpaired) electrons. The maximum absolute atomic E-state index is 6.23. The molecule has 96 valence electrons. The van der Waals surface area contributed by atoms with E-state index in [0.29, 0.717) is 10.0 Å². The zero-order chi connectivity index (χ0) is 13.3. The van der Waals surface area contributed by atoms with Crippen molar-refractivity contribution in [3.8, 4) is 0 Å². The summed E-state index contributed by atoms with van der Waals surface area (Å²) in [4.78, 5) is 1.09. The van der Waals surface area contributed by atoms with Gasteiger partial charge in [0, 0.05) is 4.88 Å². The van der Waals surface area contributed by atoms with Crippen LogP contribution in [0.1, 0.15) is 22.0 Å². The summed E-state index contributed by atoms with van der Waals surface area (Å²) < 4.78 is 1.09. The normalized spacial score (nSPS) is 12.7. The van der Waals surface area contributed by atoms with Gasteiger partial charge in [0.1, 0.15) is 0 Å². The molecule has 3 N–H and O–H groups in total. The average Bonchev–Trinajstić information content (AvgIpc) is 2.66. The second kappa shape index (κ2) is 5.90. The lowest BCUT2D eigenvalue weighted by atomic mass is 10.1. The van der Waals surface area contributed by atoms with Gasteiger partial charge in [-0.05, 0) is 46.1 Å². The van der Waals surface area contributed by atoms with Gasteiger partial charge in [0.05, 0.1) is 19.9 Å². The number of rotatable bonds is 3. The molecular weight excluding hydrogens is 355 g/mol. The molecule has 0 aliphatic rings. The lowest BCUT2D eigenvalue weighted by Gasteiger charge is -2.16. The highest BCUT2D eigenvalue weighted by Gasteiger charge is 2.19. The predicted molar refractivity (Wildman–Crippen MR) is 82.4 cm³/mol. The fourth-order valence-electron chi connectivity index (χ4n) is 1.69. The lowest BCUT2D eigenvalue weighted by molar-refractivity contribution is 0.646. The summed E-state index contributed by atoms with van der Waals surface area (Å²) in [7, 11) is 0. The second-order valence-electron chi connectivity index (χ2n) is 3.85. The fraction of sp³-hybridized carbons (Fsp3) is 0.167. The van der Waals surface area contributed by atoms with E-state index in [0.717, 1.165) is 14.2 Å². The van der Waals surface area contributed by atoms with Crippen LogP contribution in [-0.2, 0) is 0 Å². The van der Waals surface area contributed by atoms with Gasteiger partial charge in [-0.1, -0.05) is 35.3 Å². The molecule has 0 aliphatic heterocycles. The molecule has 0 bridgehead atoms. The third-order valence-corrected chi connectivity index (χ3v) is 5.65. The summed E-state index contributed by atoms with van der Waals surface area (Å²) in [5, 5.41) is 1.06. The molecule has 1 heterocycles. The largest absolute Gasteiger partial charge is 0.271 e. The first-order chi connectivity index (χ1) is 8.54. The van der Waals surface area contributed by atoms with Crippen LogP contribution >= 0.6 is 50.5 Å². The van der Waals surface area contributed by atoms with Gasteiger partial charge in [0.15, 0.2) is 0 Å². The Hall–Kier alpha value is -0.100. The van der Waals surface area contributed by atoms with Crippen molar-refractivity contribution in [2.45, 2.75) is 13.0 Å². The fourth-order valence-corrected chi connectivity index (χ4v) is 3.76. The number of nitrogens with two attached hydrogens (primary N) is 1. The van der Waals surface area contributed by atoms with E-state index in [4.69, 9.17) is 29.0 Å². The van der Waals surface area contributed by atoms with Gasteiger partial charge in [-0.15, -0.1) is 11.3 Å². The number of hydrogen-bond acceptors (Lipinski definition) is 3. The summed E-state index contributed by atoms with van der Waals surface area (Å²) >= 11 is 17.4. The number of halogens is 3. The van der Waals surface area contributed by atoms with Crippen molar-refractivity contribution in [3.05, 3.63) is 54.1 Å². The van der Waals surface area contributed by atoms with Crippen molar-refractivity contribution in [1.29, 1.82) is 0 Å². The van der Waals surface area contributed by atoms with Gasteiger partial charge in [-0.25, -0.2) is 5.43 Å². The number of benzene rings is 1. The van der Waals surface area contributed by atoms with Crippen molar-refractivity contribution in [2.75, 3.05) is 0 Å². The summed E-state index contributed by atoms with van der Waals surface area (Å²) in [5.74, 6) is 5.65. The maximum Gasteiger partial charge on any atom is 0.0817 e. The summed E-state index contributed by atoms with van der Waals surface area (Å²) in [5.41, 5.74) is 4.84. The molecule has 0 amide bonds. The topological polar surface area (TPSA) is 38.0 Å². The van der Waals surface area contributed by atoms with Crippen LogP contribution in [0.15, 0.2) is 28.1 Å². The zero-order valence-electron chi connectivity index (χ0n) is 9.51. The zero-order valence-corrected chi connectivity index (χ0v) is 13.4. The first kappa shape index (κ1) is 14.3. The van der Waals surface area contributed by atoms with Crippen molar-refractivity contribution >= 4 is 50.5 Å². The van der Waals surface area contributed by atoms with E-state index in [1.54, 1.807) is 17.4 Å². The highest BCUT2D eigenvalue weighted by Crippen LogP contribution is 2.38. The van der Waals surface area contributed by atoms with E-state index in [-0.39, 0.29) is 6.04 Å². The highest BCUT2D eigenvalue weighted by atomic mass is 79.9. The van der Waals surface area contributed by atoms with Crippen LogP contribution in [0.5, 0.6) is 0 Å². The quantitative estimate of drug-likeness (QED) is 0.612. The van der Waals surface area contributed by atoms with Crippen molar-refractivity contribution in [1.82, 2.24) is 5.43 Å². The number of thiophene rings is 1. The molecular formula is C12H11BrCl2N2S. The van der Waals surface area contributed by atoms with Crippen LogP contribution in [-0.4, -0.2) is 0 Å². The summed E-state index contributed by atoms with van der Waals surface area (Å²) in [6.45, 7) is 2.04. The Morgan fingerprint density at radius 3 is 2.67 bits per heavy atom. The first-order valence-corrected chi connectivity index (χ1v) is 7.57. The van der Waals surface area contributed by atoms with Gasteiger partial charge in [0.25, 0.3) is 0 Å². The number of nitrogens with one attached hydrogen (secondary N) is 1. The number of aryl methyl sites for hydroxylation is 1. The van der Waals surface area contributed by atoms with Crippen LogP contribution in [0.2, 0.25) is 10.0 Å². The Bertz CT molecular complexity index is 552. The molecule has 18 heavy (non-hydrogen) atoms. The Morgan fingerprint density at radius 1 is 1.39 bits per heavy atom. The van der Waals surface area contributed by atoms with E-state index < -0.39 is 0 Å². The van der Waals surface area contributed by atoms with E-state index in [1.165, 1.54) is 5.56 Å². The van der Waals surface area contributed by atoms with Gasteiger partial charge in [0.2, 0.25) is 0 Å². The van der Waals surface area contributed by atoms with Gasteiger partial charge in [-0.3, -0.25) is 5.84 Å². The number of hydrogen-bond donors (Lipinski definition) is 2. The monoisotopic (exact) mass is 364 g/mol. The second-order valence-corrected chi connectivity index (χ2v) is 7.04. The summed E-state index contributed by atoms with van der Waals surface area (Å²) in [6.07, 6.45) is 0. The molecule has 2 nitrogen and oxygen atoms in total. The van der Waals surface area contributed by atoms with Crippen LogP contribution in [0, 0.1) is 6.92 Å². The molecule has 2 aromatic rings. The molecule has 1 atom stereocenters. The van der Waals surface area contributed by atoms with Crippen LogP contribution in [0.3, 0.4) is 0 Å². The Balaban J connectivity index is 2.48. The van der Waals surface area contributed by atoms with E-state index in [9.17, 15) is 0 Å². The average molecular weight is 366 g/mol. The number of hydrazine groups is 1. The third kappa shape index (κ3) is 2.74. The third-order valence-electron chi connectivity index (χ3n) is 2.62. The molecule has 0 fully saturated rings.